The number of aryl methyl sites for hydroxylation is 1. The van der Waals surface area contributed by atoms with Crippen LogP contribution in [-0.4, -0.2) is 11.0 Å². The first-order chi connectivity index (χ1) is 6.00. The van der Waals surface area contributed by atoms with Crippen LogP contribution in [0.2, 0.25) is 5.15 Å². The Hall–Kier alpha value is -1.00. The van der Waals surface area contributed by atoms with E-state index in [1.165, 1.54) is 6.07 Å². The van der Waals surface area contributed by atoms with Crippen molar-refractivity contribution >= 4 is 35.1 Å². The lowest BCUT2D eigenvalue weighted by molar-refractivity contribution is 0.257. The first-order valence-electron chi connectivity index (χ1n) is 3.40. The van der Waals surface area contributed by atoms with Gasteiger partial charge in [-0.2, -0.15) is 0 Å². The Morgan fingerprint density at radius 3 is 2.69 bits per heavy atom. The van der Waals surface area contributed by atoms with Gasteiger partial charge in [0.1, 0.15) is 5.15 Å². The summed E-state index contributed by atoms with van der Waals surface area (Å²) < 4.78 is 0.778. The normalized spacial score (nSPS) is 9.77. The summed E-state index contributed by atoms with van der Waals surface area (Å²) in [6.07, 6.45) is 0. The second kappa shape index (κ2) is 3.81. The number of hydrogen-bond donors (Lipinski definition) is 1. The van der Waals surface area contributed by atoms with Gasteiger partial charge in [0.25, 0.3) is 0 Å². The standard InChI is InChI=1S/C7H7Cl2N3O/c1-4-2-5(3-6(8)11-4)12(9)7(10)13/h2-3H,1H3,(H2,10,13). The Bertz CT molecular complexity index is 322. The van der Waals surface area contributed by atoms with Crippen molar-refractivity contribution in [3.05, 3.63) is 23.0 Å². The molecular weight excluding hydrogens is 213 g/mol. The zero-order valence-corrected chi connectivity index (χ0v) is 8.30. The summed E-state index contributed by atoms with van der Waals surface area (Å²) in [7, 11) is 0. The summed E-state index contributed by atoms with van der Waals surface area (Å²) >= 11 is 11.2. The minimum atomic E-state index is -0.761. The molecule has 70 valence electrons. The summed E-state index contributed by atoms with van der Waals surface area (Å²) in [5, 5.41) is 0.266. The van der Waals surface area contributed by atoms with Gasteiger partial charge in [0.05, 0.1) is 5.69 Å². The van der Waals surface area contributed by atoms with Crippen LogP contribution in [0.15, 0.2) is 12.1 Å². The summed E-state index contributed by atoms with van der Waals surface area (Å²) in [5.74, 6) is 0. The van der Waals surface area contributed by atoms with Crippen LogP contribution >= 0.6 is 23.4 Å². The number of carbonyl (C=O) groups excluding carboxylic acids is 1. The predicted molar refractivity (Wildman–Crippen MR) is 51.9 cm³/mol. The Kier molecular flexibility index (Phi) is 2.95. The van der Waals surface area contributed by atoms with Crippen molar-refractivity contribution in [2.75, 3.05) is 4.42 Å². The first-order valence-corrected chi connectivity index (χ1v) is 4.12. The van der Waals surface area contributed by atoms with Crippen molar-refractivity contribution in [3.8, 4) is 0 Å². The molecule has 2 amide bonds. The quantitative estimate of drug-likeness (QED) is 0.581. The lowest BCUT2D eigenvalue weighted by atomic mass is 10.3. The fourth-order valence-corrected chi connectivity index (χ4v) is 1.19. The Balaban J connectivity index is 3.07. The molecule has 13 heavy (non-hydrogen) atoms. The van der Waals surface area contributed by atoms with E-state index in [4.69, 9.17) is 29.1 Å². The maximum atomic E-state index is 10.7. The number of aromatic nitrogens is 1. The lowest BCUT2D eigenvalue weighted by Gasteiger charge is -2.10. The number of pyridine rings is 1. The van der Waals surface area contributed by atoms with Gasteiger partial charge in [0.2, 0.25) is 0 Å². The number of halogens is 2. The highest BCUT2D eigenvalue weighted by atomic mass is 35.5. The predicted octanol–water partition coefficient (Wildman–Crippen LogP) is 2.08. The van der Waals surface area contributed by atoms with E-state index in [0.717, 1.165) is 4.42 Å². The van der Waals surface area contributed by atoms with Crippen molar-refractivity contribution in [1.82, 2.24) is 4.98 Å². The second-order valence-corrected chi connectivity index (χ2v) is 3.13. The van der Waals surface area contributed by atoms with E-state index < -0.39 is 6.03 Å². The average molecular weight is 220 g/mol. The van der Waals surface area contributed by atoms with Crippen LogP contribution in [0, 0.1) is 6.92 Å². The van der Waals surface area contributed by atoms with E-state index in [9.17, 15) is 4.79 Å². The van der Waals surface area contributed by atoms with Gasteiger partial charge in [-0.25, -0.2) is 14.2 Å². The van der Waals surface area contributed by atoms with Crippen LogP contribution in [0.4, 0.5) is 10.5 Å². The minimum Gasteiger partial charge on any atom is -0.350 e. The highest BCUT2D eigenvalue weighted by molar-refractivity contribution is 6.36. The molecule has 0 unspecified atom stereocenters. The SMILES string of the molecule is Cc1cc(N(Cl)C(N)=O)cc(Cl)n1. The zero-order chi connectivity index (χ0) is 10.0. The third kappa shape index (κ3) is 2.47. The van der Waals surface area contributed by atoms with Crippen LogP contribution < -0.4 is 10.2 Å². The van der Waals surface area contributed by atoms with Gasteiger partial charge in [-0.15, -0.1) is 0 Å². The van der Waals surface area contributed by atoms with Gasteiger partial charge in [0.15, 0.2) is 0 Å². The molecule has 0 aromatic carbocycles. The van der Waals surface area contributed by atoms with Gasteiger partial charge < -0.3 is 5.73 Å². The molecule has 0 aliphatic carbocycles. The van der Waals surface area contributed by atoms with Gasteiger partial charge in [0, 0.05) is 23.5 Å². The van der Waals surface area contributed by atoms with Gasteiger partial charge >= 0.3 is 6.03 Å². The van der Waals surface area contributed by atoms with Crippen LogP contribution in [0.25, 0.3) is 0 Å². The molecule has 0 aliphatic rings. The molecule has 0 spiro atoms. The number of amides is 2. The molecule has 6 heteroatoms. The fraction of sp³-hybridized carbons (Fsp3) is 0.143. The van der Waals surface area contributed by atoms with Gasteiger partial charge in [-0.3, -0.25) is 0 Å². The smallest absolute Gasteiger partial charge is 0.334 e. The number of rotatable bonds is 1. The monoisotopic (exact) mass is 219 g/mol. The molecule has 0 saturated carbocycles. The molecule has 0 saturated heterocycles. The summed E-state index contributed by atoms with van der Waals surface area (Å²) in [4.78, 5) is 14.6. The molecule has 1 aromatic heterocycles. The number of anilines is 1. The first kappa shape index (κ1) is 10.1. The minimum absolute atomic E-state index is 0.266. The van der Waals surface area contributed by atoms with Crippen molar-refractivity contribution in [1.29, 1.82) is 0 Å². The number of hydrogen-bond acceptors (Lipinski definition) is 2. The number of nitrogens with two attached hydrogens (primary N) is 1. The van der Waals surface area contributed by atoms with Crippen LogP contribution in [-0.2, 0) is 0 Å². The van der Waals surface area contributed by atoms with Crippen LogP contribution in [0.5, 0.6) is 0 Å². The summed E-state index contributed by atoms with van der Waals surface area (Å²) in [6.45, 7) is 1.74. The fourth-order valence-electron chi connectivity index (χ4n) is 0.851. The molecular formula is C7H7Cl2N3O. The number of primary amides is 1. The van der Waals surface area contributed by atoms with E-state index in [1.54, 1.807) is 13.0 Å². The third-order valence-corrected chi connectivity index (χ3v) is 1.88. The third-order valence-electron chi connectivity index (χ3n) is 1.33. The highest BCUT2D eigenvalue weighted by Crippen LogP contribution is 2.20. The van der Waals surface area contributed by atoms with Crippen molar-refractivity contribution in [2.24, 2.45) is 5.73 Å². The molecule has 1 rings (SSSR count). The zero-order valence-electron chi connectivity index (χ0n) is 6.79. The molecule has 0 fully saturated rings. The summed E-state index contributed by atoms with van der Waals surface area (Å²) in [5.41, 5.74) is 6.03. The largest absolute Gasteiger partial charge is 0.350 e. The molecule has 1 heterocycles. The number of carbonyl (C=O) groups is 1. The summed E-state index contributed by atoms with van der Waals surface area (Å²) in [6, 6.07) is 2.29. The maximum absolute atomic E-state index is 10.7. The Labute approximate surface area is 85.4 Å². The Morgan fingerprint density at radius 1 is 1.62 bits per heavy atom. The number of urea groups is 1. The van der Waals surface area contributed by atoms with E-state index in [1.807, 2.05) is 0 Å². The molecule has 1 aromatic rings. The molecule has 0 radical (unpaired) electrons. The highest BCUT2D eigenvalue weighted by Gasteiger charge is 2.10. The Morgan fingerprint density at radius 2 is 2.23 bits per heavy atom. The number of nitrogens with zero attached hydrogens (tertiary/aromatic N) is 2. The van der Waals surface area contributed by atoms with E-state index >= 15 is 0 Å². The van der Waals surface area contributed by atoms with Crippen LogP contribution in [0.3, 0.4) is 0 Å². The van der Waals surface area contributed by atoms with Crippen LogP contribution in [0.1, 0.15) is 5.69 Å². The van der Waals surface area contributed by atoms with E-state index in [2.05, 4.69) is 4.98 Å². The molecule has 2 N–H and O–H groups in total. The average Bonchev–Trinajstić information content (AvgIpc) is 2.01. The molecule has 0 aliphatic heterocycles. The van der Waals surface area contributed by atoms with E-state index in [-0.39, 0.29) is 5.15 Å². The second-order valence-electron chi connectivity index (χ2n) is 2.41. The maximum Gasteiger partial charge on any atom is 0.334 e. The van der Waals surface area contributed by atoms with Crippen molar-refractivity contribution in [3.63, 3.8) is 0 Å². The lowest BCUT2D eigenvalue weighted by Crippen LogP contribution is -2.27. The molecule has 4 nitrogen and oxygen atoms in total. The molecule has 0 atom stereocenters. The van der Waals surface area contributed by atoms with Gasteiger partial charge in [-0.1, -0.05) is 11.6 Å². The van der Waals surface area contributed by atoms with Crippen molar-refractivity contribution < 1.29 is 4.79 Å². The van der Waals surface area contributed by atoms with Crippen molar-refractivity contribution in [2.45, 2.75) is 6.92 Å². The molecule has 0 bridgehead atoms. The topological polar surface area (TPSA) is 59.2 Å². The van der Waals surface area contributed by atoms with E-state index in [0.29, 0.717) is 11.4 Å². The van der Waals surface area contributed by atoms with Gasteiger partial charge in [-0.05, 0) is 13.0 Å².